The van der Waals surface area contributed by atoms with Crippen molar-refractivity contribution in [2.24, 2.45) is 0 Å². The monoisotopic (exact) mass is 214 g/mol. The van der Waals surface area contributed by atoms with E-state index in [4.69, 9.17) is 9.47 Å². The number of ether oxygens (including phenoxy) is 2. The first-order valence-corrected chi connectivity index (χ1v) is 5.20. The van der Waals surface area contributed by atoms with Crippen LogP contribution < -0.4 is 4.74 Å². The third-order valence-electron chi connectivity index (χ3n) is 2.65. The van der Waals surface area contributed by atoms with Gasteiger partial charge in [0.2, 0.25) is 0 Å². The molecule has 0 N–H and O–H groups in total. The van der Waals surface area contributed by atoms with Crippen LogP contribution in [0.5, 0.6) is 5.75 Å². The van der Waals surface area contributed by atoms with E-state index in [-0.39, 0.29) is 12.0 Å². The maximum absolute atomic E-state index is 5.41. The van der Waals surface area contributed by atoms with Crippen molar-refractivity contribution in [2.75, 3.05) is 14.2 Å². The van der Waals surface area contributed by atoms with Crippen molar-refractivity contribution in [1.82, 2.24) is 0 Å². The fourth-order valence-electron chi connectivity index (χ4n) is 1.85. The molecule has 0 saturated carbocycles. The Kier molecular flexibility index (Phi) is 3.42. The molecule has 1 aromatic rings. The Balaban J connectivity index is 2.35. The quantitative estimate of drug-likeness (QED) is 0.769. The van der Waals surface area contributed by atoms with Gasteiger partial charge in [-0.2, -0.15) is 0 Å². The Labute approximate surface area is 96.2 Å². The Hall–Kier alpha value is -1.54. The Morgan fingerprint density at radius 2 is 2.19 bits per heavy atom. The molecule has 0 saturated heterocycles. The van der Waals surface area contributed by atoms with Crippen LogP contribution in [-0.4, -0.2) is 20.3 Å². The molecule has 16 heavy (non-hydrogen) atoms. The molecule has 2 rings (SSSR count). The zero-order valence-electron chi connectivity index (χ0n) is 9.44. The lowest BCUT2D eigenvalue weighted by Crippen LogP contribution is -2.19. The normalized spacial score (nSPS) is 23.4. The number of allylic oxidation sites excluding steroid dienone is 2. The summed E-state index contributed by atoms with van der Waals surface area (Å²) < 4.78 is 10.7. The predicted octanol–water partition coefficient (Wildman–Crippen LogP) is 2.52. The van der Waals surface area contributed by atoms with Gasteiger partial charge in [-0.25, -0.2) is 0 Å². The predicted molar refractivity (Wildman–Crippen MR) is 62.3 cm³/mol. The van der Waals surface area contributed by atoms with Crippen molar-refractivity contribution in [3.63, 3.8) is 0 Å². The number of hydrogen-bond donors (Lipinski definition) is 0. The zero-order valence-corrected chi connectivity index (χ0v) is 9.44. The topological polar surface area (TPSA) is 18.5 Å². The SMILES string of the molecule is COc1ccc[c]c1C1[C]=CC=CC1OC. The van der Waals surface area contributed by atoms with Crippen LogP contribution in [0.25, 0.3) is 0 Å². The molecule has 2 nitrogen and oxygen atoms in total. The number of methoxy groups -OCH3 is 2. The maximum atomic E-state index is 5.41. The van der Waals surface area contributed by atoms with Crippen molar-refractivity contribution >= 4 is 0 Å². The van der Waals surface area contributed by atoms with Gasteiger partial charge in [-0.1, -0.05) is 30.4 Å². The van der Waals surface area contributed by atoms with Crippen LogP contribution in [0.15, 0.2) is 36.4 Å². The standard InChI is InChI=1S/C14H14O2/c1-15-13-9-5-3-7-11(13)12-8-4-6-10-14(12)16-2/h3-6,9-11,13H,1-2H3. The van der Waals surface area contributed by atoms with Gasteiger partial charge in [-0.3, -0.25) is 0 Å². The largest absolute Gasteiger partial charge is 0.496 e. The molecule has 0 aliphatic heterocycles. The molecule has 0 amide bonds. The van der Waals surface area contributed by atoms with Crippen molar-refractivity contribution in [3.8, 4) is 5.75 Å². The highest BCUT2D eigenvalue weighted by Crippen LogP contribution is 2.32. The molecule has 1 aromatic carbocycles. The van der Waals surface area contributed by atoms with Crippen LogP contribution in [0, 0.1) is 12.1 Å². The highest BCUT2D eigenvalue weighted by molar-refractivity contribution is 5.39. The van der Waals surface area contributed by atoms with Crippen molar-refractivity contribution < 1.29 is 9.47 Å². The van der Waals surface area contributed by atoms with E-state index >= 15 is 0 Å². The zero-order chi connectivity index (χ0) is 11.4. The van der Waals surface area contributed by atoms with Crippen LogP contribution >= 0.6 is 0 Å². The first-order chi connectivity index (χ1) is 7.86. The van der Waals surface area contributed by atoms with Gasteiger partial charge in [0.15, 0.2) is 0 Å². The first kappa shape index (κ1) is 11.0. The average molecular weight is 214 g/mol. The molecule has 1 aliphatic rings. The van der Waals surface area contributed by atoms with Crippen molar-refractivity contribution in [1.29, 1.82) is 0 Å². The molecular weight excluding hydrogens is 200 g/mol. The molecule has 0 aromatic heterocycles. The van der Waals surface area contributed by atoms with Crippen LogP contribution in [-0.2, 0) is 4.74 Å². The van der Waals surface area contributed by atoms with Gasteiger partial charge >= 0.3 is 0 Å². The summed E-state index contributed by atoms with van der Waals surface area (Å²) >= 11 is 0. The van der Waals surface area contributed by atoms with Crippen molar-refractivity contribution in [2.45, 2.75) is 12.0 Å². The summed E-state index contributed by atoms with van der Waals surface area (Å²) in [5, 5.41) is 0. The molecule has 2 radical (unpaired) electrons. The minimum atomic E-state index is -0.00227. The van der Waals surface area contributed by atoms with Gasteiger partial charge in [0, 0.05) is 18.6 Å². The first-order valence-electron chi connectivity index (χ1n) is 5.20. The fourth-order valence-corrected chi connectivity index (χ4v) is 1.85. The van der Waals surface area contributed by atoms with E-state index < -0.39 is 0 Å². The third kappa shape index (κ3) is 2.02. The highest BCUT2D eigenvalue weighted by atomic mass is 16.5. The summed E-state index contributed by atoms with van der Waals surface area (Å²) in [5.41, 5.74) is 0.984. The number of benzene rings is 1. The lowest BCUT2D eigenvalue weighted by Gasteiger charge is -2.23. The minimum absolute atomic E-state index is 0.00227. The average Bonchev–Trinajstić information content (AvgIpc) is 2.38. The molecule has 82 valence electrons. The Morgan fingerprint density at radius 3 is 2.94 bits per heavy atom. The second kappa shape index (κ2) is 4.99. The lowest BCUT2D eigenvalue weighted by atomic mass is 9.89. The van der Waals surface area contributed by atoms with Crippen LogP contribution in [0.3, 0.4) is 0 Å². The summed E-state index contributed by atoms with van der Waals surface area (Å²) in [7, 11) is 3.36. The Morgan fingerprint density at radius 1 is 1.31 bits per heavy atom. The molecule has 0 spiro atoms. The molecule has 2 atom stereocenters. The van der Waals surface area contributed by atoms with E-state index in [1.807, 2.05) is 36.4 Å². The van der Waals surface area contributed by atoms with E-state index in [1.165, 1.54) is 0 Å². The van der Waals surface area contributed by atoms with Gasteiger partial charge in [-0.05, 0) is 18.2 Å². The van der Waals surface area contributed by atoms with E-state index in [9.17, 15) is 0 Å². The van der Waals surface area contributed by atoms with Gasteiger partial charge < -0.3 is 9.47 Å². The molecule has 0 fully saturated rings. The third-order valence-corrected chi connectivity index (χ3v) is 2.65. The van der Waals surface area contributed by atoms with Crippen molar-refractivity contribution in [3.05, 3.63) is 54.1 Å². The summed E-state index contributed by atoms with van der Waals surface area (Å²) in [6.07, 6.45) is 9.12. The second-order valence-corrected chi connectivity index (χ2v) is 3.55. The van der Waals surface area contributed by atoms with Crippen LogP contribution in [0.1, 0.15) is 11.5 Å². The fraction of sp³-hybridized carbons (Fsp3) is 0.286. The summed E-state index contributed by atoms with van der Waals surface area (Å²) in [5.74, 6) is 0.872. The molecule has 2 unspecified atom stereocenters. The second-order valence-electron chi connectivity index (χ2n) is 3.55. The van der Waals surface area contributed by atoms with Crippen LogP contribution in [0.2, 0.25) is 0 Å². The van der Waals surface area contributed by atoms with Gasteiger partial charge in [0.25, 0.3) is 0 Å². The molecule has 0 heterocycles. The molecule has 1 aliphatic carbocycles. The summed E-state index contributed by atoms with van der Waals surface area (Å²) in [4.78, 5) is 0. The Bertz CT molecular complexity index is 407. The summed E-state index contributed by atoms with van der Waals surface area (Å²) in [6, 6.07) is 8.92. The maximum Gasteiger partial charge on any atom is 0.123 e. The molecule has 0 bridgehead atoms. The van der Waals surface area contributed by atoms with E-state index in [0.717, 1.165) is 11.3 Å². The minimum Gasteiger partial charge on any atom is -0.496 e. The van der Waals surface area contributed by atoms with Gasteiger partial charge in [-0.15, -0.1) is 0 Å². The molecule has 2 heteroatoms. The van der Waals surface area contributed by atoms with E-state index in [0.29, 0.717) is 0 Å². The summed E-state index contributed by atoms with van der Waals surface area (Å²) in [6.45, 7) is 0. The smallest absolute Gasteiger partial charge is 0.123 e. The molecular formula is C14H14O2. The van der Waals surface area contributed by atoms with Gasteiger partial charge in [0.05, 0.1) is 13.2 Å². The van der Waals surface area contributed by atoms with Gasteiger partial charge in [0.1, 0.15) is 5.75 Å². The number of rotatable bonds is 3. The lowest BCUT2D eigenvalue weighted by molar-refractivity contribution is 0.125. The van der Waals surface area contributed by atoms with E-state index in [2.05, 4.69) is 12.1 Å². The van der Waals surface area contributed by atoms with E-state index in [1.54, 1.807) is 14.2 Å². The number of hydrogen-bond acceptors (Lipinski definition) is 2. The highest BCUT2D eigenvalue weighted by Gasteiger charge is 2.23. The van der Waals surface area contributed by atoms with Crippen LogP contribution in [0.4, 0.5) is 0 Å².